The molecule has 0 aliphatic heterocycles. The van der Waals surface area contributed by atoms with Gasteiger partial charge in [0, 0.05) is 22.9 Å². The zero-order chi connectivity index (χ0) is 26.0. The van der Waals surface area contributed by atoms with E-state index < -0.39 is 45.6 Å². The molecule has 0 saturated carbocycles. The molecule has 1 aromatic heterocycles. The highest BCUT2D eigenvalue weighted by Gasteiger charge is 2.35. The Hall–Kier alpha value is -3.52. The van der Waals surface area contributed by atoms with Gasteiger partial charge in [-0.05, 0) is 36.4 Å². The van der Waals surface area contributed by atoms with Gasteiger partial charge in [0.05, 0.1) is 14.8 Å². The smallest absolute Gasteiger partial charge is 0.435 e. The normalized spacial score (nSPS) is 13.3. The Morgan fingerprint density at radius 3 is 2.46 bits per heavy atom. The van der Waals surface area contributed by atoms with Crippen LogP contribution in [0.1, 0.15) is 16.1 Å². The molecule has 0 aliphatic carbocycles. The topological polar surface area (TPSA) is 114 Å². The number of hydrogen-bond acceptors (Lipinski definition) is 7. The maximum atomic E-state index is 13.2. The standard InChI is InChI=1S/C20H14ClF5N4O4S/c1-35(27,32)12-4-2-3-10(7-12)28-17(31)13-9-16(20(24,25)26)29-30-18(13)34-15-6-5-11(8-14(15)21)33-19(22)23/h2-9,19,27H,1H3,(H,28,31). The molecule has 2 aromatic carbocycles. The first-order chi connectivity index (χ1) is 16.2. The highest BCUT2D eigenvalue weighted by molar-refractivity contribution is 7.91. The minimum absolute atomic E-state index is 0.0391. The van der Waals surface area contributed by atoms with Crippen LogP contribution in [0, 0.1) is 4.78 Å². The molecule has 8 nitrogen and oxygen atoms in total. The third-order valence-electron chi connectivity index (χ3n) is 4.17. The molecule has 3 aromatic rings. The van der Waals surface area contributed by atoms with E-state index in [9.17, 15) is 31.0 Å². The summed E-state index contributed by atoms with van der Waals surface area (Å²) in [7, 11) is -3.14. The van der Waals surface area contributed by atoms with Crippen molar-refractivity contribution >= 4 is 32.9 Å². The Kier molecular flexibility index (Phi) is 7.45. The molecule has 1 atom stereocenters. The first-order valence-electron chi connectivity index (χ1n) is 9.26. The lowest BCUT2D eigenvalue weighted by Crippen LogP contribution is -2.18. The average Bonchev–Trinajstić information content (AvgIpc) is 2.74. The monoisotopic (exact) mass is 536 g/mol. The summed E-state index contributed by atoms with van der Waals surface area (Å²) in [6, 6.07) is 8.88. The summed E-state index contributed by atoms with van der Waals surface area (Å²) in [4.78, 5) is 12.9. The van der Waals surface area contributed by atoms with Crippen molar-refractivity contribution in [2.24, 2.45) is 0 Å². The second kappa shape index (κ2) is 10.00. The van der Waals surface area contributed by atoms with Crippen LogP contribution in [0.15, 0.2) is 53.4 Å². The van der Waals surface area contributed by atoms with Crippen molar-refractivity contribution in [3.63, 3.8) is 0 Å². The van der Waals surface area contributed by atoms with Crippen LogP contribution in [0.3, 0.4) is 0 Å². The predicted octanol–water partition coefficient (Wildman–Crippen LogP) is 5.83. The maximum absolute atomic E-state index is 13.2. The van der Waals surface area contributed by atoms with Crippen LogP contribution >= 0.6 is 11.6 Å². The van der Waals surface area contributed by atoms with Crippen LogP contribution in [0.2, 0.25) is 5.02 Å². The van der Waals surface area contributed by atoms with Gasteiger partial charge in [-0.25, -0.2) is 8.99 Å². The molecule has 0 radical (unpaired) electrons. The van der Waals surface area contributed by atoms with Crippen LogP contribution < -0.4 is 14.8 Å². The minimum Gasteiger partial charge on any atom is -0.435 e. The number of amides is 1. The van der Waals surface area contributed by atoms with E-state index >= 15 is 0 Å². The third-order valence-corrected chi connectivity index (χ3v) is 5.62. The SMILES string of the molecule is CS(=N)(=O)c1cccc(NC(=O)c2cc(C(F)(F)F)nnc2Oc2ccc(OC(F)F)cc2Cl)c1. The molecule has 0 fully saturated rings. The lowest BCUT2D eigenvalue weighted by molar-refractivity contribution is -0.141. The molecule has 3 rings (SSSR count). The Labute approximate surface area is 200 Å². The number of nitrogens with zero attached hydrogens (tertiary/aromatic N) is 2. The first kappa shape index (κ1) is 26.1. The number of nitrogens with one attached hydrogen (secondary N) is 2. The Balaban J connectivity index is 1.98. The molecule has 15 heteroatoms. The van der Waals surface area contributed by atoms with Crippen LogP contribution in [-0.2, 0) is 15.9 Å². The third kappa shape index (κ3) is 6.76. The maximum Gasteiger partial charge on any atom is 0.435 e. The molecular weight excluding hydrogens is 523 g/mol. The average molecular weight is 537 g/mol. The summed E-state index contributed by atoms with van der Waals surface area (Å²) < 4.78 is 93.4. The zero-order valence-electron chi connectivity index (χ0n) is 17.4. The molecule has 0 aliphatic rings. The molecule has 186 valence electrons. The number of carbonyl (C=O) groups excluding carboxylic acids is 1. The Morgan fingerprint density at radius 1 is 1.14 bits per heavy atom. The number of aromatic nitrogens is 2. The molecule has 0 spiro atoms. The van der Waals surface area contributed by atoms with E-state index in [4.69, 9.17) is 21.1 Å². The van der Waals surface area contributed by atoms with Crippen LogP contribution in [0.4, 0.5) is 27.6 Å². The van der Waals surface area contributed by atoms with Crippen LogP contribution in [-0.4, -0.2) is 33.2 Å². The van der Waals surface area contributed by atoms with E-state index in [1.54, 1.807) is 0 Å². The second-order valence-corrected chi connectivity index (χ2v) is 9.41. The van der Waals surface area contributed by atoms with Gasteiger partial charge in [-0.15, -0.1) is 10.2 Å². The lowest BCUT2D eigenvalue weighted by Gasteiger charge is -2.14. The van der Waals surface area contributed by atoms with E-state index in [-0.39, 0.29) is 27.1 Å². The second-order valence-electron chi connectivity index (χ2n) is 6.84. The van der Waals surface area contributed by atoms with Gasteiger partial charge in [0.15, 0.2) is 5.69 Å². The summed E-state index contributed by atoms with van der Waals surface area (Å²) in [5, 5.41) is 8.41. The van der Waals surface area contributed by atoms with E-state index in [1.807, 2.05) is 0 Å². The highest BCUT2D eigenvalue weighted by Crippen LogP contribution is 2.35. The van der Waals surface area contributed by atoms with Crippen molar-refractivity contribution in [1.29, 1.82) is 4.78 Å². The largest absolute Gasteiger partial charge is 0.435 e. The molecule has 35 heavy (non-hydrogen) atoms. The summed E-state index contributed by atoms with van der Waals surface area (Å²) in [6.45, 7) is -3.12. The van der Waals surface area contributed by atoms with Crippen molar-refractivity contribution in [3.8, 4) is 17.4 Å². The molecular formula is C20H14ClF5N4O4S. The first-order valence-corrected chi connectivity index (χ1v) is 11.6. The van der Waals surface area contributed by atoms with E-state index in [1.165, 1.54) is 24.3 Å². The molecule has 2 N–H and O–H groups in total. The quantitative estimate of drug-likeness (QED) is 0.367. The Morgan fingerprint density at radius 2 is 1.86 bits per heavy atom. The summed E-state index contributed by atoms with van der Waals surface area (Å²) >= 11 is 5.96. The Bertz CT molecular complexity index is 1370. The van der Waals surface area contributed by atoms with E-state index in [0.29, 0.717) is 6.07 Å². The van der Waals surface area contributed by atoms with Crippen molar-refractivity contribution in [2.45, 2.75) is 17.7 Å². The van der Waals surface area contributed by atoms with Crippen LogP contribution in [0.5, 0.6) is 17.4 Å². The van der Waals surface area contributed by atoms with Gasteiger partial charge in [0.2, 0.25) is 0 Å². The number of rotatable bonds is 7. The van der Waals surface area contributed by atoms with Gasteiger partial charge >= 0.3 is 12.8 Å². The molecule has 0 saturated heterocycles. The van der Waals surface area contributed by atoms with Gasteiger partial charge in [0.25, 0.3) is 11.8 Å². The number of benzene rings is 2. The summed E-state index contributed by atoms with van der Waals surface area (Å²) in [5.41, 5.74) is -2.14. The van der Waals surface area contributed by atoms with Crippen molar-refractivity contribution in [3.05, 3.63) is 64.8 Å². The van der Waals surface area contributed by atoms with Crippen LogP contribution in [0.25, 0.3) is 0 Å². The molecule has 1 unspecified atom stereocenters. The fourth-order valence-corrected chi connectivity index (χ4v) is 3.52. The van der Waals surface area contributed by atoms with Gasteiger partial charge in [0.1, 0.15) is 17.1 Å². The van der Waals surface area contributed by atoms with Gasteiger partial charge in [-0.3, -0.25) is 4.79 Å². The summed E-state index contributed by atoms with van der Waals surface area (Å²) in [6.07, 6.45) is -3.78. The van der Waals surface area contributed by atoms with E-state index in [0.717, 1.165) is 24.5 Å². The fraction of sp³-hybridized carbons (Fsp3) is 0.150. The predicted molar refractivity (Wildman–Crippen MR) is 115 cm³/mol. The number of anilines is 1. The summed E-state index contributed by atoms with van der Waals surface area (Å²) in [5.74, 6) is -2.32. The molecule has 1 amide bonds. The highest BCUT2D eigenvalue weighted by atomic mass is 35.5. The van der Waals surface area contributed by atoms with Gasteiger partial charge in [-0.2, -0.15) is 22.0 Å². The van der Waals surface area contributed by atoms with Crippen molar-refractivity contribution in [2.75, 3.05) is 11.6 Å². The molecule has 0 bridgehead atoms. The van der Waals surface area contributed by atoms with Crippen molar-refractivity contribution in [1.82, 2.24) is 10.2 Å². The number of carbonyl (C=O) groups is 1. The number of hydrogen-bond donors (Lipinski definition) is 2. The number of alkyl halides is 5. The zero-order valence-corrected chi connectivity index (χ0v) is 19.0. The van der Waals surface area contributed by atoms with Gasteiger partial charge in [-0.1, -0.05) is 17.7 Å². The van der Waals surface area contributed by atoms with Crippen molar-refractivity contribution < 1.29 is 40.4 Å². The van der Waals surface area contributed by atoms with Gasteiger partial charge < -0.3 is 14.8 Å². The number of ether oxygens (including phenoxy) is 2. The molecule has 1 heterocycles. The van der Waals surface area contributed by atoms with E-state index in [2.05, 4.69) is 20.3 Å². The number of halogens is 6. The minimum atomic E-state index is -4.94. The lowest BCUT2D eigenvalue weighted by atomic mass is 10.2. The fourth-order valence-electron chi connectivity index (χ4n) is 2.62.